The van der Waals surface area contributed by atoms with Crippen LogP contribution in [0.3, 0.4) is 0 Å². The third-order valence-corrected chi connectivity index (χ3v) is 4.60. The maximum absolute atomic E-state index is 11.6. The van der Waals surface area contributed by atoms with E-state index in [9.17, 15) is 4.79 Å². The van der Waals surface area contributed by atoms with E-state index in [1.54, 1.807) is 0 Å². The summed E-state index contributed by atoms with van der Waals surface area (Å²) in [5.41, 5.74) is 8.68. The maximum atomic E-state index is 11.6. The van der Waals surface area contributed by atoms with Gasteiger partial charge in [0, 0.05) is 28.2 Å². The lowest BCUT2D eigenvalue weighted by Gasteiger charge is -2.43. The van der Waals surface area contributed by atoms with Crippen molar-refractivity contribution in [3.05, 3.63) is 35.4 Å². The zero-order valence-electron chi connectivity index (χ0n) is 10.7. The molecule has 100 valence electrons. The van der Waals surface area contributed by atoms with Gasteiger partial charge in [-0.05, 0) is 36.6 Å². The van der Waals surface area contributed by atoms with E-state index < -0.39 is 0 Å². The van der Waals surface area contributed by atoms with Crippen LogP contribution >= 0.6 is 11.6 Å². The van der Waals surface area contributed by atoms with E-state index in [2.05, 4.69) is 11.9 Å². The monoisotopic (exact) mass is 276 g/mol. The van der Waals surface area contributed by atoms with Crippen LogP contribution in [0.1, 0.15) is 24.8 Å². The third-order valence-electron chi connectivity index (χ3n) is 4.36. The Bertz CT molecular complexity index is 555. The lowest BCUT2D eigenvalue weighted by Crippen LogP contribution is -2.47. The smallest absolute Gasteiger partial charge is 0.222 e. The summed E-state index contributed by atoms with van der Waals surface area (Å²) in [5.74, 6) is -0.0519. The standard InChI is InChI=1S/C15H17ClN2O/c1-8-10-3-2-4-11(15(17)19)14(10)18-13-6-5-9(16)7-12(8)13/h5-7,10-11,14,18H,1-4H2,(H2,17,19)/t10-,11-,14+/m0/s1. The van der Waals surface area contributed by atoms with E-state index in [-0.39, 0.29) is 23.8 Å². The van der Waals surface area contributed by atoms with Crippen LogP contribution in [0, 0.1) is 11.8 Å². The molecule has 2 aliphatic rings. The number of hydrogen-bond acceptors (Lipinski definition) is 2. The van der Waals surface area contributed by atoms with Gasteiger partial charge >= 0.3 is 0 Å². The van der Waals surface area contributed by atoms with E-state index in [1.807, 2.05) is 18.2 Å². The minimum Gasteiger partial charge on any atom is -0.380 e. The number of nitrogens with two attached hydrogens (primary N) is 1. The average Bonchev–Trinajstić information content (AvgIpc) is 2.39. The first-order valence-electron chi connectivity index (χ1n) is 6.62. The van der Waals surface area contributed by atoms with Crippen LogP contribution in [-0.4, -0.2) is 11.9 Å². The van der Waals surface area contributed by atoms with Gasteiger partial charge in [0.2, 0.25) is 5.91 Å². The fourth-order valence-corrected chi connectivity index (χ4v) is 3.57. The number of fused-ring (bicyclic) bond motifs is 2. The van der Waals surface area contributed by atoms with Crippen LogP contribution in [0.5, 0.6) is 0 Å². The van der Waals surface area contributed by atoms with Crippen LogP contribution in [0.25, 0.3) is 5.57 Å². The lowest BCUT2D eigenvalue weighted by molar-refractivity contribution is -0.123. The molecule has 0 saturated heterocycles. The molecular formula is C15H17ClN2O. The number of hydrogen-bond donors (Lipinski definition) is 2. The summed E-state index contributed by atoms with van der Waals surface area (Å²) in [4.78, 5) is 11.6. The Morgan fingerprint density at radius 2 is 2.21 bits per heavy atom. The average molecular weight is 277 g/mol. The Morgan fingerprint density at radius 3 is 2.95 bits per heavy atom. The SMILES string of the molecule is C=C1c2cc(Cl)ccc2N[C@H]2[C@@H](C(N)=O)CCC[C@@H]12. The van der Waals surface area contributed by atoms with Crippen LogP contribution in [0.2, 0.25) is 5.02 Å². The highest BCUT2D eigenvalue weighted by atomic mass is 35.5. The van der Waals surface area contributed by atoms with Gasteiger partial charge in [-0.25, -0.2) is 0 Å². The van der Waals surface area contributed by atoms with E-state index in [0.717, 1.165) is 36.1 Å². The lowest BCUT2D eigenvalue weighted by atomic mass is 9.70. The fraction of sp³-hybridized carbons (Fsp3) is 0.400. The van der Waals surface area contributed by atoms with E-state index in [0.29, 0.717) is 5.02 Å². The minimum atomic E-state index is -0.215. The number of primary amides is 1. The summed E-state index contributed by atoms with van der Waals surface area (Å²) in [6, 6.07) is 5.82. The first-order chi connectivity index (χ1) is 9.08. The zero-order chi connectivity index (χ0) is 13.6. The second-order valence-corrected chi connectivity index (χ2v) is 5.87. The quantitative estimate of drug-likeness (QED) is 0.828. The molecule has 1 amide bonds. The summed E-state index contributed by atoms with van der Waals surface area (Å²) < 4.78 is 0. The molecule has 1 aliphatic heterocycles. The van der Waals surface area contributed by atoms with Gasteiger partial charge in [0.25, 0.3) is 0 Å². The number of carbonyl (C=O) groups excluding carboxylic acids is 1. The van der Waals surface area contributed by atoms with Crippen molar-refractivity contribution in [3.63, 3.8) is 0 Å². The highest BCUT2D eigenvalue weighted by molar-refractivity contribution is 6.30. The van der Waals surface area contributed by atoms with Gasteiger partial charge in [-0.1, -0.05) is 24.6 Å². The molecule has 1 aromatic rings. The molecule has 3 N–H and O–H groups in total. The second kappa shape index (κ2) is 4.57. The summed E-state index contributed by atoms with van der Waals surface area (Å²) in [5, 5.41) is 4.18. The zero-order valence-corrected chi connectivity index (χ0v) is 11.4. The molecule has 0 spiro atoms. The van der Waals surface area contributed by atoms with Crippen molar-refractivity contribution in [1.82, 2.24) is 0 Å². The molecule has 1 aliphatic carbocycles. The fourth-order valence-electron chi connectivity index (χ4n) is 3.40. The Hall–Kier alpha value is -1.48. The van der Waals surface area contributed by atoms with Crippen molar-refractivity contribution in [2.45, 2.75) is 25.3 Å². The number of halogens is 1. The maximum Gasteiger partial charge on any atom is 0.222 e. The highest BCUT2D eigenvalue weighted by Gasteiger charge is 2.41. The molecule has 1 fully saturated rings. The van der Waals surface area contributed by atoms with Crippen molar-refractivity contribution in [3.8, 4) is 0 Å². The largest absolute Gasteiger partial charge is 0.380 e. The number of nitrogens with one attached hydrogen (secondary N) is 1. The molecule has 3 nitrogen and oxygen atoms in total. The Kier molecular flexibility index (Phi) is 3.02. The summed E-state index contributed by atoms with van der Waals surface area (Å²) in [6.07, 6.45) is 2.93. The molecule has 19 heavy (non-hydrogen) atoms. The molecule has 0 aromatic heterocycles. The molecule has 0 bridgehead atoms. The second-order valence-electron chi connectivity index (χ2n) is 5.43. The molecule has 4 heteroatoms. The molecule has 0 radical (unpaired) electrons. The Balaban J connectivity index is 2.02. The number of carbonyl (C=O) groups is 1. The number of benzene rings is 1. The van der Waals surface area contributed by atoms with Crippen LogP contribution in [0.15, 0.2) is 24.8 Å². The summed E-state index contributed by atoms with van der Waals surface area (Å²) >= 11 is 6.05. The highest BCUT2D eigenvalue weighted by Crippen LogP contribution is 2.45. The molecule has 1 aromatic carbocycles. The topological polar surface area (TPSA) is 55.1 Å². The van der Waals surface area contributed by atoms with Crippen LogP contribution in [0.4, 0.5) is 5.69 Å². The minimum absolute atomic E-state index is 0.0763. The normalized spacial score (nSPS) is 29.1. The van der Waals surface area contributed by atoms with Gasteiger partial charge in [0.15, 0.2) is 0 Å². The Morgan fingerprint density at radius 1 is 1.42 bits per heavy atom. The molecule has 0 unspecified atom stereocenters. The van der Waals surface area contributed by atoms with Gasteiger partial charge in [-0.15, -0.1) is 0 Å². The van der Waals surface area contributed by atoms with Gasteiger partial charge in [0.1, 0.15) is 0 Å². The van der Waals surface area contributed by atoms with E-state index in [4.69, 9.17) is 17.3 Å². The van der Waals surface area contributed by atoms with Gasteiger partial charge in [-0.3, -0.25) is 4.79 Å². The third kappa shape index (κ3) is 2.02. The number of anilines is 1. The van der Waals surface area contributed by atoms with Gasteiger partial charge in [-0.2, -0.15) is 0 Å². The first kappa shape index (κ1) is 12.5. The van der Waals surface area contributed by atoms with Crippen molar-refractivity contribution < 1.29 is 4.79 Å². The number of rotatable bonds is 1. The molecule has 1 saturated carbocycles. The molecule has 3 atom stereocenters. The van der Waals surface area contributed by atoms with Crippen LogP contribution < -0.4 is 11.1 Å². The Labute approximate surface area is 117 Å². The predicted octanol–water partition coefficient (Wildman–Crippen LogP) is 3.05. The van der Waals surface area contributed by atoms with Crippen molar-refractivity contribution in [2.75, 3.05) is 5.32 Å². The molecule has 3 rings (SSSR count). The van der Waals surface area contributed by atoms with Gasteiger partial charge in [0.05, 0.1) is 5.92 Å². The van der Waals surface area contributed by atoms with Gasteiger partial charge < -0.3 is 11.1 Å². The summed E-state index contributed by atoms with van der Waals surface area (Å²) in [7, 11) is 0. The van der Waals surface area contributed by atoms with Crippen molar-refractivity contribution in [2.24, 2.45) is 17.6 Å². The molecule has 1 heterocycles. The number of amides is 1. The van der Waals surface area contributed by atoms with E-state index >= 15 is 0 Å². The van der Waals surface area contributed by atoms with Crippen molar-refractivity contribution >= 4 is 28.8 Å². The van der Waals surface area contributed by atoms with Crippen molar-refractivity contribution in [1.29, 1.82) is 0 Å². The van der Waals surface area contributed by atoms with Crippen LogP contribution in [-0.2, 0) is 4.79 Å². The summed E-state index contributed by atoms with van der Waals surface area (Å²) in [6.45, 7) is 4.22. The first-order valence-corrected chi connectivity index (χ1v) is 7.00. The molecular weight excluding hydrogens is 260 g/mol. The predicted molar refractivity (Wildman–Crippen MR) is 77.9 cm³/mol. The van der Waals surface area contributed by atoms with E-state index in [1.165, 1.54) is 0 Å².